The van der Waals surface area contributed by atoms with Gasteiger partial charge in [0.05, 0.1) is 16.6 Å². The highest BCUT2D eigenvalue weighted by Crippen LogP contribution is 2.33. The fourth-order valence-electron chi connectivity index (χ4n) is 6.30. The molecule has 7 rings (SSSR count). The molecule has 3 N–H and O–H groups in total. The molecule has 244 valence electrons. The van der Waals surface area contributed by atoms with Crippen LogP contribution in [0, 0.1) is 17.2 Å². The summed E-state index contributed by atoms with van der Waals surface area (Å²) in [5.41, 5.74) is 6.47. The summed E-state index contributed by atoms with van der Waals surface area (Å²) in [6.07, 6.45) is 7.03. The Labute approximate surface area is 284 Å². The van der Waals surface area contributed by atoms with Crippen LogP contribution in [0.2, 0.25) is 0 Å². The zero-order valence-corrected chi connectivity index (χ0v) is 27.0. The average Bonchev–Trinajstić information content (AvgIpc) is 3.96. The number of nitrogens with zero attached hydrogens (tertiary/aromatic N) is 3. The summed E-state index contributed by atoms with van der Waals surface area (Å²) >= 11 is 0. The summed E-state index contributed by atoms with van der Waals surface area (Å²) in [6, 6.07) is 31.1. The van der Waals surface area contributed by atoms with Gasteiger partial charge in [-0.15, -0.1) is 0 Å². The van der Waals surface area contributed by atoms with Crippen molar-refractivity contribution >= 4 is 28.4 Å². The Morgan fingerprint density at radius 3 is 2.43 bits per heavy atom. The molecule has 1 saturated heterocycles. The number of nitriles is 1. The topological polar surface area (TPSA) is 131 Å². The summed E-state index contributed by atoms with van der Waals surface area (Å²) < 4.78 is 0. The molecule has 0 spiro atoms. The Hall–Kier alpha value is -5.85. The SMILES string of the molecule is N#C/C(=C\C1CC1)C(=O)Nc1cccc(C(=O)NC2CCN(Cc3ccc(-c4nc5cc[nH]c(=O)c5cc4-c4ccccc4)cc3)CC2)c1. The van der Waals surface area contributed by atoms with Crippen LogP contribution in [-0.4, -0.2) is 45.8 Å². The Kier molecular flexibility index (Phi) is 9.13. The standard InChI is InChI=1S/C40H36N6O3/c41-24-31(21-26-9-10-26)39(48)44-33-8-4-7-30(22-33)38(47)43-32-16-19-46(20-17-32)25-27-11-13-29(14-12-27)37-34(28-5-2-1-3-6-28)23-35-36(45-37)15-18-42-40(35)49/h1-8,11-15,18,21-23,26,32H,9-10,16-17,19-20,25H2,(H,42,49)(H,43,47)(H,44,48)/b31-21+. The zero-order valence-electron chi connectivity index (χ0n) is 27.0. The molecule has 1 aliphatic heterocycles. The van der Waals surface area contributed by atoms with Gasteiger partial charge in [0, 0.05) is 54.3 Å². The van der Waals surface area contributed by atoms with Crippen molar-refractivity contribution < 1.29 is 9.59 Å². The van der Waals surface area contributed by atoms with E-state index in [0.717, 1.165) is 67.7 Å². The number of carbonyl (C=O) groups excluding carboxylic acids is 2. The molecule has 2 amide bonds. The van der Waals surface area contributed by atoms with E-state index in [1.54, 1.807) is 36.5 Å². The second kappa shape index (κ2) is 14.1. The van der Waals surface area contributed by atoms with Crippen LogP contribution in [-0.2, 0) is 11.3 Å². The monoisotopic (exact) mass is 648 g/mol. The van der Waals surface area contributed by atoms with Crippen molar-refractivity contribution in [2.24, 2.45) is 5.92 Å². The van der Waals surface area contributed by atoms with E-state index in [0.29, 0.717) is 28.1 Å². The lowest BCUT2D eigenvalue weighted by atomic mass is 9.97. The molecule has 49 heavy (non-hydrogen) atoms. The van der Waals surface area contributed by atoms with Gasteiger partial charge in [0.2, 0.25) is 0 Å². The van der Waals surface area contributed by atoms with E-state index in [4.69, 9.17) is 4.98 Å². The van der Waals surface area contributed by atoms with E-state index in [2.05, 4.69) is 44.8 Å². The molecule has 5 aromatic rings. The highest BCUT2D eigenvalue weighted by atomic mass is 16.2. The van der Waals surface area contributed by atoms with Gasteiger partial charge < -0.3 is 15.6 Å². The van der Waals surface area contributed by atoms with Crippen LogP contribution in [0.15, 0.2) is 114 Å². The van der Waals surface area contributed by atoms with Gasteiger partial charge in [-0.1, -0.05) is 66.7 Å². The number of aromatic nitrogens is 2. The maximum atomic E-state index is 13.1. The van der Waals surface area contributed by atoms with Crippen molar-refractivity contribution in [3.05, 3.63) is 130 Å². The molecule has 3 heterocycles. The highest BCUT2D eigenvalue weighted by molar-refractivity contribution is 6.07. The normalized spacial score (nSPS) is 15.4. The van der Waals surface area contributed by atoms with Gasteiger partial charge in [-0.2, -0.15) is 5.26 Å². The molecule has 0 bridgehead atoms. The molecular formula is C40H36N6O3. The third-order valence-corrected chi connectivity index (χ3v) is 9.17. The largest absolute Gasteiger partial charge is 0.349 e. The third-order valence-electron chi connectivity index (χ3n) is 9.17. The average molecular weight is 649 g/mol. The summed E-state index contributed by atoms with van der Waals surface area (Å²) in [6.45, 7) is 2.51. The van der Waals surface area contributed by atoms with Crippen molar-refractivity contribution in [1.82, 2.24) is 20.2 Å². The third kappa shape index (κ3) is 7.51. The highest BCUT2D eigenvalue weighted by Gasteiger charge is 2.23. The van der Waals surface area contributed by atoms with Gasteiger partial charge in [0.1, 0.15) is 11.6 Å². The molecule has 0 radical (unpaired) electrons. The number of carbonyl (C=O) groups is 2. The first kappa shape index (κ1) is 31.7. The molecule has 0 unspecified atom stereocenters. The van der Waals surface area contributed by atoms with Gasteiger partial charge in [-0.25, -0.2) is 4.98 Å². The van der Waals surface area contributed by atoms with E-state index in [-0.39, 0.29) is 23.1 Å². The number of piperidine rings is 1. The Bertz CT molecular complexity index is 2140. The molecule has 9 nitrogen and oxygen atoms in total. The molecular weight excluding hydrogens is 612 g/mol. The van der Waals surface area contributed by atoms with Gasteiger partial charge in [-0.3, -0.25) is 19.3 Å². The van der Waals surface area contributed by atoms with Gasteiger partial charge in [-0.05, 0) is 73.1 Å². The number of aromatic amines is 1. The number of benzene rings is 3. The number of rotatable bonds is 9. The summed E-state index contributed by atoms with van der Waals surface area (Å²) in [5.74, 6) is -0.318. The first-order valence-corrected chi connectivity index (χ1v) is 16.7. The first-order valence-electron chi connectivity index (χ1n) is 16.7. The number of hydrogen-bond acceptors (Lipinski definition) is 6. The number of likely N-dealkylation sites (tertiary alicyclic amines) is 1. The predicted molar refractivity (Wildman–Crippen MR) is 190 cm³/mol. The van der Waals surface area contributed by atoms with Crippen molar-refractivity contribution in [3.8, 4) is 28.5 Å². The molecule has 9 heteroatoms. The fraction of sp³-hybridized carbons (Fsp3) is 0.225. The van der Waals surface area contributed by atoms with Crippen LogP contribution in [0.3, 0.4) is 0 Å². The number of H-pyrrole nitrogens is 1. The molecule has 1 aliphatic carbocycles. The van der Waals surface area contributed by atoms with E-state index >= 15 is 0 Å². The quantitative estimate of drug-likeness (QED) is 0.124. The van der Waals surface area contributed by atoms with Crippen LogP contribution in [0.1, 0.15) is 41.6 Å². The van der Waals surface area contributed by atoms with E-state index < -0.39 is 5.91 Å². The van der Waals surface area contributed by atoms with E-state index in [9.17, 15) is 19.6 Å². The molecule has 2 fully saturated rings. The van der Waals surface area contributed by atoms with Gasteiger partial charge in [0.25, 0.3) is 17.4 Å². The number of allylic oxidation sites excluding steroid dienone is 1. The fourth-order valence-corrected chi connectivity index (χ4v) is 6.30. The number of fused-ring (bicyclic) bond motifs is 1. The second-order valence-electron chi connectivity index (χ2n) is 12.8. The maximum absolute atomic E-state index is 13.1. The van der Waals surface area contributed by atoms with E-state index in [1.807, 2.05) is 48.5 Å². The Morgan fingerprint density at radius 2 is 1.69 bits per heavy atom. The van der Waals surface area contributed by atoms with Crippen molar-refractivity contribution in [1.29, 1.82) is 5.26 Å². The molecule has 3 aromatic carbocycles. The lowest BCUT2D eigenvalue weighted by Gasteiger charge is -2.32. The minimum atomic E-state index is -0.450. The first-order chi connectivity index (χ1) is 23.9. The van der Waals surface area contributed by atoms with Crippen LogP contribution in [0.5, 0.6) is 0 Å². The zero-order chi connectivity index (χ0) is 33.7. The smallest absolute Gasteiger partial charge is 0.265 e. The van der Waals surface area contributed by atoms with Gasteiger partial charge in [0.15, 0.2) is 0 Å². The maximum Gasteiger partial charge on any atom is 0.265 e. The number of anilines is 1. The van der Waals surface area contributed by atoms with E-state index in [1.165, 1.54) is 5.56 Å². The number of pyridine rings is 2. The Balaban J connectivity index is 0.960. The second-order valence-corrected chi connectivity index (χ2v) is 12.8. The van der Waals surface area contributed by atoms with Crippen molar-refractivity contribution in [3.63, 3.8) is 0 Å². The molecule has 0 atom stereocenters. The van der Waals surface area contributed by atoms with Crippen LogP contribution >= 0.6 is 0 Å². The summed E-state index contributed by atoms with van der Waals surface area (Å²) in [5, 5.41) is 15.8. The van der Waals surface area contributed by atoms with Crippen LogP contribution in [0.25, 0.3) is 33.3 Å². The predicted octanol–water partition coefficient (Wildman–Crippen LogP) is 6.45. The summed E-state index contributed by atoms with van der Waals surface area (Å²) in [4.78, 5) is 48.3. The lowest BCUT2D eigenvalue weighted by Crippen LogP contribution is -2.44. The number of hydrogen-bond donors (Lipinski definition) is 3. The summed E-state index contributed by atoms with van der Waals surface area (Å²) in [7, 11) is 0. The molecule has 1 saturated carbocycles. The van der Waals surface area contributed by atoms with Crippen molar-refractivity contribution in [2.45, 2.75) is 38.3 Å². The van der Waals surface area contributed by atoms with Gasteiger partial charge >= 0.3 is 0 Å². The number of amides is 2. The van der Waals surface area contributed by atoms with Crippen LogP contribution in [0.4, 0.5) is 5.69 Å². The van der Waals surface area contributed by atoms with Crippen LogP contribution < -0.4 is 16.2 Å². The molecule has 2 aromatic heterocycles. The lowest BCUT2D eigenvalue weighted by molar-refractivity contribution is -0.112. The Morgan fingerprint density at radius 1 is 0.918 bits per heavy atom. The minimum Gasteiger partial charge on any atom is -0.349 e. The minimum absolute atomic E-state index is 0.0543. The van der Waals surface area contributed by atoms with Crippen molar-refractivity contribution in [2.75, 3.05) is 18.4 Å². The number of nitrogens with one attached hydrogen (secondary N) is 3. The molecule has 2 aliphatic rings.